The Hall–Kier alpha value is -0.160. The lowest BCUT2D eigenvalue weighted by atomic mass is 9.97. The van der Waals surface area contributed by atoms with Crippen LogP contribution in [0.5, 0.6) is 0 Å². The fraction of sp³-hybridized carbons (Fsp3) is 0.455. The number of rotatable bonds is 1. The Morgan fingerprint density at radius 2 is 2.21 bits per heavy atom. The number of hydrogen-bond donors (Lipinski definition) is 1. The van der Waals surface area contributed by atoms with Gasteiger partial charge in [0.15, 0.2) is 0 Å². The van der Waals surface area contributed by atoms with Crippen LogP contribution in [-0.2, 0) is 0 Å². The van der Waals surface area contributed by atoms with Gasteiger partial charge in [-0.2, -0.15) is 0 Å². The Morgan fingerprint density at radius 3 is 2.93 bits per heavy atom. The Morgan fingerprint density at radius 1 is 1.36 bits per heavy atom. The first-order chi connectivity index (χ1) is 6.77. The second-order valence-electron chi connectivity index (χ2n) is 3.67. The third kappa shape index (κ3) is 2.25. The van der Waals surface area contributed by atoms with Crippen LogP contribution in [0.2, 0.25) is 0 Å². The minimum Gasteiger partial charge on any atom is -0.310 e. The normalized spacial score (nSPS) is 22.3. The molecule has 0 saturated carbocycles. The minimum atomic E-state index is -0.0789. The fourth-order valence-corrected chi connectivity index (χ4v) is 2.41. The maximum absolute atomic E-state index is 13.5. The van der Waals surface area contributed by atoms with E-state index in [0.717, 1.165) is 22.1 Å². The standard InChI is InChI=1S/C11H13FIN/c12-10-5-4-8(13)7-9(10)11-3-1-2-6-14-11/h4-5,7,11,14H,1-3,6H2/t11-/m1/s1. The molecule has 0 unspecified atom stereocenters. The van der Waals surface area contributed by atoms with Gasteiger partial charge in [-0.25, -0.2) is 4.39 Å². The van der Waals surface area contributed by atoms with Crippen LogP contribution in [0.4, 0.5) is 4.39 Å². The summed E-state index contributed by atoms with van der Waals surface area (Å²) in [4.78, 5) is 0. The molecule has 0 aliphatic carbocycles. The summed E-state index contributed by atoms with van der Waals surface area (Å²) in [6, 6.07) is 5.53. The van der Waals surface area contributed by atoms with E-state index in [0.29, 0.717) is 0 Å². The van der Waals surface area contributed by atoms with Crippen molar-refractivity contribution in [3.8, 4) is 0 Å². The van der Waals surface area contributed by atoms with Crippen LogP contribution in [0.25, 0.3) is 0 Å². The first kappa shape index (κ1) is 10.4. The first-order valence-corrected chi connectivity index (χ1v) is 6.03. The molecule has 0 amide bonds. The van der Waals surface area contributed by atoms with Gasteiger partial charge in [-0.3, -0.25) is 0 Å². The summed E-state index contributed by atoms with van der Waals surface area (Å²) >= 11 is 2.22. The number of nitrogens with one attached hydrogen (secondary N) is 1. The number of piperidine rings is 1. The van der Waals surface area contributed by atoms with Crippen molar-refractivity contribution in [2.24, 2.45) is 0 Å². The van der Waals surface area contributed by atoms with Gasteiger partial charge in [-0.15, -0.1) is 0 Å². The van der Waals surface area contributed by atoms with Crippen molar-refractivity contribution in [1.29, 1.82) is 0 Å². The van der Waals surface area contributed by atoms with Crippen molar-refractivity contribution >= 4 is 22.6 Å². The van der Waals surface area contributed by atoms with Crippen molar-refractivity contribution < 1.29 is 4.39 Å². The Bertz CT molecular complexity index is 321. The van der Waals surface area contributed by atoms with E-state index in [2.05, 4.69) is 27.9 Å². The molecule has 1 heterocycles. The smallest absolute Gasteiger partial charge is 0.128 e. The molecule has 1 saturated heterocycles. The highest BCUT2D eigenvalue weighted by atomic mass is 127. The molecule has 14 heavy (non-hydrogen) atoms. The molecule has 0 radical (unpaired) electrons. The molecule has 1 aromatic rings. The van der Waals surface area contributed by atoms with Gasteiger partial charge in [0.25, 0.3) is 0 Å². The highest BCUT2D eigenvalue weighted by Crippen LogP contribution is 2.26. The van der Waals surface area contributed by atoms with Crippen molar-refractivity contribution in [3.05, 3.63) is 33.1 Å². The second kappa shape index (κ2) is 4.57. The molecule has 3 heteroatoms. The van der Waals surface area contributed by atoms with E-state index in [-0.39, 0.29) is 11.9 Å². The summed E-state index contributed by atoms with van der Waals surface area (Å²) < 4.78 is 14.6. The minimum absolute atomic E-state index is 0.0789. The third-order valence-corrected chi connectivity index (χ3v) is 3.31. The van der Waals surface area contributed by atoms with E-state index in [1.807, 2.05) is 12.1 Å². The van der Waals surface area contributed by atoms with Gasteiger partial charge in [-0.05, 0) is 60.2 Å². The first-order valence-electron chi connectivity index (χ1n) is 4.96. The molecular weight excluding hydrogens is 292 g/mol. The average Bonchev–Trinajstić information content (AvgIpc) is 2.23. The predicted molar refractivity (Wildman–Crippen MR) is 63.7 cm³/mol. The summed E-state index contributed by atoms with van der Waals surface area (Å²) in [6.07, 6.45) is 3.46. The van der Waals surface area contributed by atoms with Gasteiger partial charge < -0.3 is 5.32 Å². The van der Waals surface area contributed by atoms with Gasteiger partial charge in [0.1, 0.15) is 5.82 Å². The summed E-state index contributed by atoms with van der Waals surface area (Å²) in [6.45, 7) is 1.01. The maximum Gasteiger partial charge on any atom is 0.128 e. The molecule has 1 aliphatic rings. The maximum atomic E-state index is 13.5. The molecular formula is C11H13FIN. The average molecular weight is 305 g/mol. The van der Waals surface area contributed by atoms with Crippen LogP contribution < -0.4 is 5.32 Å². The molecule has 1 aliphatic heterocycles. The van der Waals surface area contributed by atoms with E-state index in [9.17, 15) is 4.39 Å². The predicted octanol–water partition coefficient (Wildman–Crippen LogP) is 3.24. The second-order valence-corrected chi connectivity index (χ2v) is 4.91. The van der Waals surface area contributed by atoms with Gasteiger partial charge in [0.05, 0.1) is 0 Å². The molecule has 1 aromatic carbocycles. The Labute approximate surface area is 97.2 Å². The lowest BCUT2D eigenvalue weighted by Crippen LogP contribution is -2.27. The quantitative estimate of drug-likeness (QED) is 0.786. The number of hydrogen-bond acceptors (Lipinski definition) is 1. The van der Waals surface area contributed by atoms with Crippen LogP contribution in [0, 0.1) is 9.39 Å². The van der Waals surface area contributed by atoms with Gasteiger partial charge >= 0.3 is 0 Å². The van der Waals surface area contributed by atoms with Crippen LogP contribution >= 0.6 is 22.6 Å². The van der Waals surface area contributed by atoms with E-state index >= 15 is 0 Å². The lowest BCUT2D eigenvalue weighted by Gasteiger charge is -2.24. The zero-order valence-corrected chi connectivity index (χ0v) is 10.1. The molecule has 1 atom stereocenters. The van der Waals surface area contributed by atoms with E-state index in [1.165, 1.54) is 12.8 Å². The van der Waals surface area contributed by atoms with Gasteiger partial charge in [0, 0.05) is 15.2 Å². The highest BCUT2D eigenvalue weighted by molar-refractivity contribution is 14.1. The van der Waals surface area contributed by atoms with Crippen LogP contribution in [0.3, 0.4) is 0 Å². The molecule has 0 spiro atoms. The van der Waals surface area contributed by atoms with Crippen LogP contribution in [0.1, 0.15) is 30.9 Å². The topological polar surface area (TPSA) is 12.0 Å². The largest absolute Gasteiger partial charge is 0.310 e. The third-order valence-electron chi connectivity index (χ3n) is 2.64. The van der Waals surface area contributed by atoms with Crippen molar-refractivity contribution in [1.82, 2.24) is 5.32 Å². The molecule has 2 rings (SSSR count). The van der Waals surface area contributed by atoms with Crippen LogP contribution in [0.15, 0.2) is 18.2 Å². The SMILES string of the molecule is Fc1ccc(I)cc1[C@H]1CCCCN1. The van der Waals surface area contributed by atoms with E-state index in [1.54, 1.807) is 6.07 Å². The summed E-state index contributed by atoms with van der Waals surface area (Å²) in [5.74, 6) is -0.0789. The number of halogens is 2. The summed E-state index contributed by atoms with van der Waals surface area (Å²) in [5, 5.41) is 3.36. The Balaban J connectivity index is 2.24. The zero-order chi connectivity index (χ0) is 9.97. The van der Waals surface area contributed by atoms with E-state index in [4.69, 9.17) is 0 Å². The summed E-state index contributed by atoms with van der Waals surface area (Å²) in [7, 11) is 0. The van der Waals surface area contributed by atoms with Crippen molar-refractivity contribution in [2.45, 2.75) is 25.3 Å². The van der Waals surface area contributed by atoms with Crippen molar-refractivity contribution in [2.75, 3.05) is 6.54 Å². The molecule has 76 valence electrons. The Kier molecular flexibility index (Phi) is 3.38. The summed E-state index contributed by atoms with van der Waals surface area (Å²) in [5.41, 5.74) is 0.830. The molecule has 1 nitrogen and oxygen atoms in total. The van der Waals surface area contributed by atoms with Gasteiger partial charge in [0.2, 0.25) is 0 Å². The highest BCUT2D eigenvalue weighted by Gasteiger charge is 2.17. The zero-order valence-electron chi connectivity index (χ0n) is 7.89. The molecule has 0 aromatic heterocycles. The molecule has 1 fully saturated rings. The monoisotopic (exact) mass is 305 g/mol. The van der Waals surface area contributed by atoms with E-state index < -0.39 is 0 Å². The lowest BCUT2D eigenvalue weighted by molar-refractivity contribution is 0.400. The fourth-order valence-electron chi connectivity index (χ4n) is 1.90. The van der Waals surface area contributed by atoms with Crippen molar-refractivity contribution in [3.63, 3.8) is 0 Å². The molecule has 1 N–H and O–H groups in total. The molecule has 0 bridgehead atoms. The van der Waals surface area contributed by atoms with Crippen LogP contribution in [-0.4, -0.2) is 6.54 Å². The van der Waals surface area contributed by atoms with Gasteiger partial charge in [-0.1, -0.05) is 6.42 Å². The number of benzene rings is 1.